The summed E-state index contributed by atoms with van der Waals surface area (Å²) in [5.74, 6) is 3.89. The van der Waals surface area contributed by atoms with Crippen LogP contribution in [-0.2, 0) is 0 Å². The standard InChI is InChI=1S/C10H14N8S/c1-11-8-14-9(17-2-4-19-5-3-17)16-10(15-8)18-7-12-6-13-18/h6-7H,2-5H2,1H3,(H,11,14,15,16). The molecule has 9 heteroatoms. The minimum absolute atomic E-state index is 0.477. The van der Waals surface area contributed by atoms with Gasteiger partial charge in [-0.3, -0.25) is 0 Å². The second-order valence-electron chi connectivity index (χ2n) is 3.95. The van der Waals surface area contributed by atoms with E-state index in [0.717, 1.165) is 24.6 Å². The number of rotatable bonds is 3. The number of nitrogens with one attached hydrogen (secondary N) is 1. The van der Waals surface area contributed by atoms with Crippen molar-refractivity contribution in [2.75, 3.05) is 41.9 Å². The Morgan fingerprint density at radius 3 is 2.63 bits per heavy atom. The van der Waals surface area contributed by atoms with Crippen molar-refractivity contribution in [3.63, 3.8) is 0 Å². The van der Waals surface area contributed by atoms with E-state index in [1.165, 1.54) is 11.0 Å². The number of hydrogen-bond donors (Lipinski definition) is 1. The minimum atomic E-state index is 0.477. The molecular formula is C10H14N8S. The fraction of sp³-hybridized carbons (Fsp3) is 0.500. The van der Waals surface area contributed by atoms with Crippen LogP contribution in [0.15, 0.2) is 12.7 Å². The van der Waals surface area contributed by atoms with E-state index < -0.39 is 0 Å². The van der Waals surface area contributed by atoms with Crippen LogP contribution >= 0.6 is 11.8 Å². The van der Waals surface area contributed by atoms with Gasteiger partial charge in [0.15, 0.2) is 0 Å². The van der Waals surface area contributed by atoms with Gasteiger partial charge in [0.1, 0.15) is 12.7 Å². The highest BCUT2D eigenvalue weighted by atomic mass is 32.2. The van der Waals surface area contributed by atoms with Gasteiger partial charge in [-0.05, 0) is 0 Å². The zero-order valence-electron chi connectivity index (χ0n) is 10.5. The highest BCUT2D eigenvalue weighted by molar-refractivity contribution is 7.99. The largest absolute Gasteiger partial charge is 0.357 e. The van der Waals surface area contributed by atoms with Crippen molar-refractivity contribution >= 4 is 23.7 Å². The fourth-order valence-corrected chi connectivity index (χ4v) is 2.69. The lowest BCUT2D eigenvalue weighted by atomic mass is 10.5. The van der Waals surface area contributed by atoms with Crippen LogP contribution in [0.3, 0.4) is 0 Å². The Labute approximate surface area is 114 Å². The summed E-state index contributed by atoms with van der Waals surface area (Å²) >= 11 is 1.95. The molecule has 0 radical (unpaired) electrons. The van der Waals surface area contributed by atoms with Crippen molar-refractivity contribution in [2.45, 2.75) is 0 Å². The maximum Gasteiger partial charge on any atom is 0.258 e. The molecule has 2 aromatic rings. The molecule has 2 aromatic heterocycles. The summed E-state index contributed by atoms with van der Waals surface area (Å²) in [6.07, 6.45) is 3.03. The first-order chi connectivity index (χ1) is 9.36. The van der Waals surface area contributed by atoms with Crippen LogP contribution in [0.1, 0.15) is 0 Å². The summed E-state index contributed by atoms with van der Waals surface area (Å²) < 4.78 is 1.53. The predicted octanol–water partition coefficient (Wildman–Crippen LogP) is 0.0472. The molecule has 0 aliphatic carbocycles. The van der Waals surface area contributed by atoms with E-state index in [0.29, 0.717) is 17.8 Å². The third-order valence-electron chi connectivity index (χ3n) is 2.75. The zero-order valence-corrected chi connectivity index (χ0v) is 11.3. The van der Waals surface area contributed by atoms with Crippen molar-refractivity contribution < 1.29 is 0 Å². The quantitative estimate of drug-likeness (QED) is 0.843. The summed E-state index contributed by atoms with van der Waals surface area (Å²) in [6.45, 7) is 1.91. The number of nitrogens with zero attached hydrogens (tertiary/aromatic N) is 7. The molecule has 8 nitrogen and oxygen atoms in total. The fourth-order valence-electron chi connectivity index (χ4n) is 1.78. The van der Waals surface area contributed by atoms with Gasteiger partial charge in [0.05, 0.1) is 0 Å². The van der Waals surface area contributed by atoms with Crippen molar-refractivity contribution in [3.05, 3.63) is 12.7 Å². The second kappa shape index (κ2) is 5.39. The van der Waals surface area contributed by atoms with Gasteiger partial charge in [-0.2, -0.15) is 36.5 Å². The van der Waals surface area contributed by atoms with Gasteiger partial charge < -0.3 is 10.2 Å². The average molecular weight is 278 g/mol. The number of thioether (sulfide) groups is 1. The highest BCUT2D eigenvalue weighted by Crippen LogP contribution is 2.17. The van der Waals surface area contributed by atoms with Gasteiger partial charge >= 0.3 is 0 Å². The molecular weight excluding hydrogens is 264 g/mol. The van der Waals surface area contributed by atoms with E-state index in [4.69, 9.17) is 0 Å². The zero-order chi connectivity index (χ0) is 13.1. The molecule has 3 heterocycles. The Morgan fingerprint density at radius 1 is 1.16 bits per heavy atom. The third kappa shape index (κ3) is 2.60. The molecule has 1 N–H and O–H groups in total. The second-order valence-corrected chi connectivity index (χ2v) is 5.17. The van der Waals surface area contributed by atoms with Crippen LogP contribution < -0.4 is 10.2 Å². The molecule has 1 fully saturated rings. The molecule has 0 spiro atoms. The number of anilines is 2. The lowest BCUT2D eigenvalue weighted by Gasteiger charge is -2.26. The van der Waals surface area contributed by atoms with Gasteiger partial charge in [0.25, 0.3) is 5.95 Å². The maximum absolute atomic E-state index is 4.46. The van der Waals surface area contributed by atoms with Crippen LogP contribution in [0, 0.1) is 0 Å². The lowest BCUT2D eigenvalue weighted by molar-refractivity contribution is 0.760. The highest BCUT2D eigenvalue weighted by Gasteiger charge is 2.16. The molecule has 1 saturated heterocycles. The van der Waals surface area contributed by atoms with Crippen LogP contribution in [-0.4, -0.2) is 61.4 Å². The Morgan fingerprint density at radius 2 is 1.95 bits per heavy atom. The van der Waals surface area contributed by atoms with Gasteiger partial charge in [-0.15, -0.1) is 0 Å². The Hall–Kier alpha value is -1.90. The van der Waals surface area contributed by atoms with Crippen molar-refractivity contribution in [2.24, 2.45) is 0 Å². The molecule has 0 aromatic carbocycles. The molecule has 0 saturated carbocycles. The van der Waals surface area contributed by atoms with Crippen LogP contribution in [0.5, 0.6) is 0 Å². The van der Waals surface area contributed by atoms with Crippen molar-refractivity contribution in [3.8, 4) is 5.95 Å². The smallest absolute Gasteiger partial charge is 0.258 e. The predicted molar refractivity (Wildman–Crippen MR) is 73.8 cm³/mol. The lowest BCUT2D eigenvalue weighted by Crippen LogP contribution is -2.34. The maximum atomic E-state index is 4.46. The molecule has 1 aliphatic rings. The topological polar surface area (TPSA) is 84.7 Å². The van der Waals surface area contributed by atoms with Crippen LogP contribution in [0.2, 0.25) is 0 Å². The summed E-state index contributed by atoms with van der Waals surface area (Å²) in [4.78, 5) is 19.2. The molecule has 0 atom stereocenters. The SMILES string of the molecule is CNc1nc(N2CCSCC2)nc(-n2cncn2)n1. The summed E-state index contributed by atoms with van der Waals surface area (Å²) in [6, 6.07) is 0. The summed E-state index contributed by atoms with van der Waals surface area (Å²) in [5.41, 5.74) is 0. The number of hydrogen-bond acceptors (Lipinski definition) is 8. The first kappa shape index (κ1) is 12.2. The molecule has 0 amide bonds. The van der Waals surface area contributed by atoms with Gasteiger partial charge in [0, 0.05) is 31.6 Å². The Balaban J connectivity index is 1.97. The number of aromatic nitrogens is 6. The average Bonchev–Trinajstić information content (AvgIpc) is 3.02. The monoisotopic (exact) mass is 278 g/mol. The van der Waals surface area contributed by atoms with Crippen LogP contribution in [0.25, 0.3) is 5.95 Å². The van der Waals surface area contributed by atoms with Crippen LogP contribution in [0.4, 0.5) is 11.9 Å². The molecule has 0 unspecified atom stereocenters. The van der Waals surface area contributed by atoms with E-state index in [-0.39, 0.29) is 0 Å². The van der Waals surface area contributed by atoms with Crippen molar-refractivity contribution in [1.82, 2.24) is 29.7 Å². The van der Waals surface area contributed by atoms with E-state index in [9.17, 15) is 0 Å². The van der Waals surface area contributed by atoms with Gasteiger partial charge in [0.2, 0.25) is 11.9 Å². The van der Waals surface area contributed by atoms with E-state index >= 15 is 0 Å². The Bertz CT molecular complexity index is 536. The summed E-state index contributed by atoms with van der Waals surface area (Å²) in [7, 11) is 1.79. The summed E-state index contributed by atoms with van der Waals surface area (Å²) in [5, 5.41) is 7.00. The molecule has 100 valence electrons. The normalized spacial score (nSPS) is 15.5. The van der Waals surface area contributed by atoms with E-state index in [1.807, 2.05) is 11.8 Å². The van der Waals surface area contributed by atoms with Gasteiger partial charge in [-0.25, -0.2) is 4.98 Å². The first-order valence-corrected chi connectivity index (χ1v) is 7.14. The first-order valence-electron chi connectivity index (χ1n) is 5.98. The molecule has 3 rings (SSSR count). The van der Waals surface area contributed by atoms with E-state index in [2.05, 4.69) is 35.3 Å². The Kier molecular flexibility index (Phi) is 3.45. The third-order valence-corrected chi connectivity index (χ3v) is 3.70. The molecule has 19 heavy (non-hydrogen) atoms. The van der Waals surface area contributed by atoms with E-state index in [1.54, 1.807) is 13.4 Å². The van der Waals surface area contributed by atoms with Crippen molar-refractivity contribution in [1.29, 1.82) is 0 Å². The molecule has 1 aliphatic heterocycles. The minimum Gasteiger partial charge on any atom is -0.357 e. The molecule has 0 bridgehead atoms. The van der Waals surface area contributed by atoms with Gasteiger partial charge in [-0.1, -0.05) is 0 Å².